The third-order valence-corrected chi connectivity index (χ3v) is 7.55. The first-order chi connectivity index (χ1) is 19.9. The van der Waals surface area contributed by atoms with Crippen molar-refractivity contribution in [1.82, 2.24) is 14.0 Å². The predicted molar refractivity (Wildman–Crippen MR) is 147 cm³/mol. The Morgan fingerprint density at radius 1 is 1.05 bits per heavy atom. The van der Waals surface area contributed by atoms with Gasteiger partial charge in [0.1, 0.15) is 25.2 Å². The maximum atomic E-state index is 13.9. The first-order valence-corrected chi connectivity index (χ1v) is 13.6. The average Bonchev–Trinajstić information content (AvgIpc) is 3.52. The topological polar surface area (TPSA) is 101 Å². The van der Waals surface area contributed by atoms with E-state index in [0.29, 0.717) is 61.7 Å². The maximum Gasteiger partial charge on any atom is 0.332 e. The maximum absolute atomic E-state index is 13.9. The van der Waals surface area contributed by atoms with Crippen LogP contribution in [0.25, 0.3) is 10.9 Å². The van der Waals surface area contributed by atoms with E-state index in [-0.39, 0.29) is 29.8 Å². The Morgan fingerprint density at radius 3 is 2.49 bits per heavy atom. The number of likely N-dealkylation sites (tertiary alicyclic amines) is 1. The fraction of sp³-hybridized carbons (Fsp3) is 0.483. The number of halogens is 2. The molecule has 0 N–H and O–H groups in total. The summed E-state index contributed by atoms with van der Waals surface area (Å²) in [5.74, 6) is 1.12. The van der Waals surface area contributed by atoms with Crippen molar-refractivity contribution in [3.05, 3.63) is 62.8 Å². The summed E-state index contributed by atoms with van der Waals surface area (Å²) < 4.78 is 51.3. The molecule has 2 aliphatic heterocycles. The molecule has 0 bridgehead atoms. The van der Waals surface area contributed by atoms with Crippen LogP contribution in [-0.2, 0) is 16.1 Å². The van der Waals surface area contributed by atoms with E-state index in [1.54, 1.807) is 33.7 Å². The minimum Gasteiger partial charge on any atom is -0.493 e. The van der Waals surface area contributed by atoms with Gasteiger partial charge in [0, 0.05) is 25.6 Å². The Bertz CT molecular complexity index is 1490. The second-order valence-electron chi connectivity index (χ2n) is 10.2. The van der Waals surface area contributed by atoms with Crippen LogP contribution >= 0.6 is 0 Å². The second kappa shape index (κ2) is 12.7. The minimum atomic E-state index is -1.29. The number of piperidine rings is 1. The van der Waals surface area contributed by atoms with E-state index in [4.69, 9.17) is 18.9 Å². The monoisotopic (exact) mass is 573 g/mol. The minimum absolute atomic E-state index is 0.0490. The molecule has 2 aromatic carbocycles. The highest BCUT2D eigenvalue weighted by atomic mass is 19.1. The molecule has 12 heteroatoms. The standard InChI is InChI=1S/C29H33F2N3O7/c1-38-27-12-19(2-5-26(27)41-22-8-11-39-17-22)16-33-28(36)24-13-21(40-23(14-30)15-31)3-4-25(24)34(29(33)37)20-6-9-32(18-35)10-7-20/h2-5,12-13,18,20,22-23H,6-11,14-17H2,1H3. The first-order valence-electron chi connectivity index (χ1n) is 13.6. The molecule has 41 heavy (non-hydrogen) atoms. The van der Waals surface area contributed by atoms with E-state index in [2.05, 4.69) is 0 Å². The van der Waals surface area contributed by atoms with Gasteiger partial charge in [0.15, 0.2) is 17.6 Å². The number of methoxy groups -OCH3 is 1. The molecule has 1 atom stereocenters. The normalized spacial score (nSPS) is 17.8. The molecule has 2 saturated heterocycles. The highest BCUT2D eigenvalue weighted by Gasteiger charge is 2.25. The Balaban J connectivity index is 1.56. The number of fused-ring (bicyclic) bond motifs is 1. The van der Waals surface area contributed by atoms with Crippen LogP contribution in [0.4, 0.5) is 8.78 Å². The quantitative estimate of drug-likeness (QED) is 0.325. The van der Waals surface area contributed by atoms with Gasteiger partial charge >= 0.3 is 5.69 Å². The largest absolute Gasteiger partial charge is 0.493 e. The van der Waals surface area contributed by atoms with Crippen LogP contribution in [0.2, 0.25) is 0 Å². The summed E-state index contributed by atoms with van der Waals surface area (Å²) in [4.78, 5) is 40.5. The molecule has 2 fully saturated rings. The third-order valence-electron chi connectivity index (χ3n) is 7.55. The van der Waals surface area contributed by atoms with E-state index >= 15 is 0 Å². The molecule has 3 heterocycles. The van der Waals surface area contributed by atoms with Crippen LogP contribution in [0.15, 0.2) is 46.0 Å². The van der Waals surface area contributed by atoms with Crippen molar-refractivity contribution >= 4 is 17.3 Å². The summed E-state index contributed by atoms with van der Waals surface area (Å²) in [6.45, 7) is -0.0286. The van der Waals surface area contributed by atoms with Crippen molar-refractivity contribution in [2.45, 2.75) is 44.1 Å². The van der Waals surface area contributed by atoms with Crippen LogP contribution in [0.5, 0.6) is 17.2 Å². The average molecular weight is 574 g/mol. The summed E-state index contributed by atoms with van der Waals surface area (Å²) in [7, 11) is 1.52. The number of hydrogen-bond donors (Lipinski definition) is 0. The number of alkyl halides is 2. The second-order valence-corrected chi connectivity index (χ2v) is 10.2. The predicted octanol–water partition coefficient (Wildman–Crippen LogP) is 2.87. The molecule has 2 aliphatic rings. The Kier molecular flexibility index (Phi) is 8.87. The van der Waals surface area contributed by atoms with Crippen LogP contribution < -0.4 is 25.5 Å². The third kappa shape index (κ3) is 6.07. The van der Waals surface area contributed by atoms with Crippen molar-refractivity contribution < 1.29 is 32.5 Å². The van der Waals surface area contributed by atoms with Gasteiger partial charge in [0.2, 0.25) is 6.41 Å². The van der Waals surface area contributed by atoms with Crippen LogP contribution in [0, 0.1) is 0 Å². The molecule has 0 spiro atoms. The first kappa shape index (κ1) is 28.6. The van der Waals surface area contributed by atoms with Gasteiger partial charge in [0.25, 0.3) is 5.56 Å². The molecular weight excluding hydrogens is 540 g/mol. The van der Waals surface area contributed by atoms with Gasteiger partial charge < -0.3 is 23.8 Å². The van der Waals surface area contributed by atoms with E-state index < -0.39 is 30.7 Å². The molecular formula is C29H33F2N3O7. The van der Waals surface area contributed by atoms with E-state index in [1.165, 1.54) is 19.2 Å². The summed E-state index contributed by atoms with van der Waals surface area (Å²) in [6, 6.07) is 9.46. The summed E-state index contributed by atoms with van der Waals surface area (Å²) in [6.07, 6.45) is 1.24. The summed E-state index contributed by atoms with van der Waals surface area (Å²) in [5, 5.41) is 0.185. The van der Waals surface area contributed by atoms with Gasteiger partial charge in [-0.3, -0.25) is 18.7 Å². The molecule has 1 aromatic heterocycles. The van der Waals surface area contributed by atoms with E-state index in [1.807, 2.05) is 0 Å². The van der Waals surface area contributed by atoms with Crippen LogP contribution in [0.3, 0.4) is 0 Å². The highest BCUT2D eigenvalue weighted by molar-refractivity contribution is 5.80. The van der Waals surface area contributed by atoms with Crippen molar-refractivity contribution in [3.8, 4) is 17.2 Å². The molecule has 5 rings (SSSR count). The van der Waals surface area contributed by atoms with E-state index in [0.717, 1.165) is 17.4 Å². The van der Waals surface area contributed by atoms with Gasteiger partial charge in [-0.15, -0.1) is 0 Å². The van der Waals surface area contributed by atoms with Gasteiger partial charge in [-0.25, -0.2) is 13.6 Å². The molecule has 10 nitrogen and oxygen atoms in total. The summed E-state index contributed by atoms with van der Waals surface area (Å²) >= 11 is 0. The highest BCUT2D eigenvalue weighted by Crippen LogP contribution is 2.31. The lowest BCUT2D eigenvalue weighted by Crippen LogP contribution is -2.44. The number of aromatic nitrogens is 2. The Hall–Kier alpha value is -3.93. The van der Waals surface area contributed by atoms with Crippen molar-refractivity contribution in [3.63, 3.8) is 0 Å². The van der Waals surface area contributed by atoms with Gasteiger partial charge in [-0.1, -0.05) is 6.07 Å². The lowest BCUT2D eigenvalue weighted by molar-refractivity contribution is -0.119. The van der Waals surface area contributed by atoms with Crippen molar-refractivity contribution in [1.29, 1.82) is 0 Å². The Morgan fingerprint density at radius 2 is 1.83 bits per heavy atom. The van der Waals surface area contributed by atoms with Gasteiger partial charge in [0.05, 0.1) is 37.8 Å². The van der Waals surface area contributed by atoms with Gasteiger partial charge in [-0.05, 0) is 48.7 Å². The molecule has 0 saturated carbocycles. The zero-order valence-electron chi connectivity index (χ0n) is 22.8. The number of carbonyl (C=O) groups excluding carboxylic acids is 1. The zero-order valence-corrected chi connectivity index (χ0v) is 22.8. The molecule has 1 amide bonds. The number of carbonyl (C=O) groups is 1. The number of ether oxygens (including phenoxy) is 4. The SMILES string of the molecule is COc1cc(Cn2c(=O)c3cc(OC(CF)CF)ccc3n(C3CCN(C=O)CC3)c2=O)ccc1OC1CCOC1. The zero-order chi connectivity index (χ0) is 28.9. The van der Waals surface area contributed by atoms with Crippen LogP contribution in [-0.4, -0.2) is 79.4 Å². The summed E-state index contributed by atoms with van der Waals surface area (Å²) in [5.41, 5.74) is -0.0182. The number of rotatable bonds is 11. The Labute approximate surface area is 235 Å². The molecule has 0 aliphatic carbocycles. The number of benzene rings is 2. The number of nitrogens with zero attached hydrogens (tertiary/aromatic N) is 3. The fourth-order valence-corrected chi connectivity index (χ4v) is 5.35. The molecule has 1 unspecified atom stereocenters. The molecule has 220 valence electrons. The van der Waals surface area contributed by atoms with Crippen molar-refractivity contribution in [2.24, 2.45) is 0 Å². The fourth-order valence-electron chi connectivity index (χ4n) is 5.35. The lowest BCUT2D eigenvalue weighted by Gasteiger charge is -2.31. The van der Waals surface area contributed by atoms with Crippen molar-refractivity contribution in [2.75, 3.05) is 46.8 Å². The molecule has 0 radical (unpaired) electrons. The van der Waals surface area contributed by atoms with Crippen LogP contribution in [0.1, 0.15) is 30.9 Å². The lowest BCUT2D eigenvalue weighted by atomic mass is 10.0. The van der Waals surface area contributed by atoms with E-state index in [9.17, 15) is 23.2 Å². The molecule has 3 aromatic rings. The van der Waals surface area contributed by atoms with Gasteiger partial charge in [-0.2, -0.15) is 0 Å². The number of amides is 1. The smallest absolute Gasteiger partial charge is 0.332 e. The number of hydrogen-bond acceptors (Lipinski definition) is 7.